The molecule has 0 radical (unpaired) electrons. The van der Waals surface area contributed by atoms with Crippen molar-refractivity contribution >= 4 is 17.9 Å². The lowest BCUT2D eigenvalue weighted by atomic mass is 9.79. The van der Waals surface area contributed by atoms with E-state index < -0.39 is 7.26 Å². The maximum Gasteiger partial charge on any atom is 0.108 e. The molecule has 0 unspecified atom stereocenters. The van der Waals surface area contributed by atoms with E-state index in [-0.39, 0.29) is 27.8 Å². The maximum atomic E-state index is 2.63. The Hall–Kier alpha value is -1.17. The fourth-order valence-corrected chi connectivity index (χ4v) is 11.0. The zero-order chi connectivity index (χ0) is 20.5. The molecule has 0 saturated heterocycles. The fourth-order valence-electron chi connectivity index (χ4n) is 5.38. The molecule has 2 aliphatic carbocycles. The number of benzene rings is 2. The van der Waals surface area contributed by atoms with Crippen molar-refractivity contribution in [3.63, 3.8) is 0 Å². The van der Waals surface area contributed by atoms with Crippen LogP contribution in [-0.4, -0.2) is 6.16 Å². The molecular weight excluding hydrogens is 447 g/mol. The smallest absolute Gasteiger partial charge is 0.108 e. The summed E-state index contributed by atoms with van der Waals surface area (Å²) in [5, 5.41) is 4.80. The minimum atomic E-state index is -1.72. The molecule has 160 valence electrons. The van der Waals surface area contributed by atoms with Crippen LogP contribution in [0.3, 0.4) is 0 Å². The van der Waals surface area contributed by atoms with E-state index in [9.17, 15) is 0 Å². The first kappa shape index (κ1) is 23.5. The van der Waals surface area contributed by atoms with Crippen LogP contribution in [0.4, 0.5) is 0 Å². The van der Waals surface area contributed by atoms with Gasteiger partial charge < -0.3 is 17.0 Å². The largest absolute Gasteiger partial charge is 1.00 e. The highest BCUT2D eigenvalue weighted by atomic mass is 79.9. The van der Waals surface area contributed by atoms with Crippen molar-refractivity contribution in [2.75, 3.05) is 6.16 Å². The summed E-state index contributed by atoms with van der Waals surface area (Å²) in [7, 11) is -1.72. The summed E-state index contributed by atoms with van der Waals surface area (Å²) in [5.41, 5.74) is 0.183. The summed E-state index contributed by atoms with van der Waals surface area (Å²) in [6.07, 6.45) is 14.5. The van der Waals surface area contributed by atoms with Crippen molar-refractivity contribution in [3.05, 3.63) is 84.2 Å². The van der Waals surface area contributed by atoms with E-state index in [0.717, 1.165) is 5.92 Å². The molecule has 2 heteroatoms. The minimum Gasteiger partial charge on any atom is -1.00 e. The maximum absolute atomic E-state index is 2.63. The monoisotopic (exact) mass is 482 g/mol. The van der Waals surface area contributed by atoms with Crippen LogP contribution >= 0.6 is 7.26 Å². The normalized spacial score (nSPS) is 20.5. The number of allylic oxidation sites excluding steroid dienone is 4. The van der Waals surface area contributed by atoms with Gasteiger partial charge in [0.15, 0.2) is 0 Å². The summed E-state index contributed by atoms with van der Waals surface area (Å²) in [6, 6.07) is 23.0. The van der Waals surface area contributed by atoms with Gasteiger partial charge in [0.25, 0.3) is 0 Å². The predicted octanol–water partition coefficient (Wildman–Crippen LogP) is 4.36. The third-order valence-corrected chi connectivity index (χ3v) is 11.9. The van der Waals surface area contributed by atoms with Gasteiger partial charge in [-0.2, -0.15) is 0 Å². The van der Waals surface area contributed by atoms with Crippen LogP contribution in [0, 0.1) is 16.7 Å². The molecule has 0 N–H and O–H groups in total. The third kappa shape index (κ3) is 4.53. The molecule has 0 heterocycles. The quantitative estimate of drug-likeness (QED) is 0.438. The molecule has 2 aromatic rings. The van der Waals surface area contributed by atoms with Crippen LogP contribution in [0.25, 0.3) is 0 Å². The molecule has 0 bridgehead atoms. The summed E-state index contributed by atoms with van der Waals surface area (Å²) in [6.45, 7) is 9.58. The first-order valence-corrected chi connectivity index (χ1v) is 13.2. The van der Waals surface area contributed by atoms with Crippen molar-refractivity contribution in [3.8, 4) is 0 Å². The van der Waals surface area contributed by atoms with Gasteiger partial charge in [-0.1, -0.05) is 75.2 Å². The van der Waals surface area contributed by atoms with Crippen molar-refractivity contribution in [2.24, 2.45) is 16.7 Å². The van der Waals surface area contributed by atoms with Crippen LogP contribution < -0.4 is 27.6 Å². The summed E-state index contributed by atoms with van der Waals surface area (Å²) in [5.74, 6) is 0.842. The SMILES string of the molecule is CC1(C)C=CC(C)(C)C([P+](CC2CCCC2)(c2ccccc2)c2ccccc2)=C1.[Br-]. The van der Waals surface area contributed by atoms with E-state index in [2.05, 4.69) is 107 Å². The Labute approximate surface area is 195 Å². The Morgan fingerprint density at radius 3 is 1.77 bits per heavy atom. The van der Waals surface area contributed by atoms with Crippen LogP contribution in [-0.2, 0) is 0 Å². The van der Waals surface area contributed by atoms with Crippen LogP contribution in [0.1, 0.15) is 53.4 Å². The van der Waals surface area contributed by atoms with Gasteiger partial charge in [-0.05, 0) is 62.9 Å². The number of hydrogen-bond donors (Lipinski definition) is 0. The lowest BCUT2D eigenvalue weighted by molar-refractivity contribution is -0.00000639. The molecular formula is C28H36BrP. The van der Waals surface area contributed by atoms with E-state index >= 15 is 0 Å². The molecule has 0 amide bonds. The standard InChI is InChI=1S/C28H36P.BrH/c1-27(2)19-20-28(3,4)26(21-27)29(22-23-13-11-12-14-23,24-15-7-5-8-16-24)25-17-9-6-10-18-25;/h5-10,15-21,23H,11-14,22H2,1-4H3;1H/q+1;/p-1. The van der Waals surface area contributed by atoms with Gasteiger partial charge in [0, 0.05) is 10.8 Å². The average Bonchev–Trinajstić information content (AvgIpc) is 3.23. The molecule has 0 aromatic heterocycles. The number of rotatable bonds is 5. The van der Waals surface area contributed by atoms with E-state index in [0.29, 0.717) is 0 Å². The van der Waals surface area contributed by atoms with Gasteiger partial charge in [0.2, 0.25) is 0 Å². The Morgan fingerprint density at radius 1 is 0.767 bits per heavy atom. The first-order chi connectivity index (χ1) is 13.8. The lowest BCUT2D eigenvalue weighted by Gasteiger charge is -2.41. The van der Waals surface area contributed by atoms with Crippen molar-refractivity contribution in [2.45, 2.75) is 53.4 Å². The number of halogens is 1. The first-order valence-electron chi connectivity index (χ1n) is 11.3. The topological polar surface area (TPSA) is 0 Å². The average molecular weight is 483 g/mol. The molecule has 0 atom stereocenters. The van der Waals surface area contributed by atoms with Gasteiger partial charge >= 0.3 is 0 Å². The van der Waals surface area contributed by atoms with E-state index in [1.54, 1.807) is 15.9 Å². The van der Waals surface area contributed by atoms with Crippen LogP contribution in [0.2, 0.25) is 0 Å². The zero-order valence-electron chi connectivity index (χ0n) is 18.9. The highest BCUT2D eigenvalue weighted by Gasteiger charge is 2.54. The van der Waals surface area contributed by atoms with Gasteiger partial charge in [-0.15, -0.1) is 0 Å². The van der Waals surface area contributed by atoms with E-state index in [1.165, 1.54) is 31.8 Å². The van der Waals surface area contributed by atoms with Gasteiger partial charge in [0.1, 0.15) is 17.9 Å². The minimum absolute atomic E-state index is 0. The summed E-state index contributed by atoms with van der Waals surface area (Å²) >= 11 is 0. The van der Waals surface area contributed by atoms with E-state index in [1.807, 2.05) is 0 Å². The third-order valence-electron chi connectivity index (χ3n) is 6.91. The van der Waals surface area contributed by atoms with Crippen molar-refractivity contribution in [1.29, 1.82) is 0 Å². The highest BCUT2D eigenvalue weighted by molar-refractivity contribution is 7.93. The van der Waals surface area contributed by atoms with Crippen LogP contribution in [0.5, 0.6) is 0 Å². The van der Waals surface area contributed by atoms with E-state index in [4.69, 9.17) is 0 Å². The molecule has 0 spiro atoms. The van der Waals surface area contributed by atoms with Gasteiger partial charge in [-0.3, -0.25) is 0 Å². The second kappa shape index (κ2) is 9.13. The zero-order valence-corrected chi connectivity index (χ0v) is 21.4. The second-order valence-corrected chi connectivity index (χ2v) is 13.7. The Bertz CT molecular complexity index is 847. The highest BCUT2D eigenvalue weighted by Crippen LogP contribution is 2.71. The van der Waals surface area contributed by atoms with Crippen molar-refractivity contribution in [1.82, 2.24) is 0 Å². The molecule has 0 nitrogen and oxygen atoms in total. The Balaban J connectivity index is 0.00000256. The molecule has 30 heavy (non-hydrogen) atoms. The predicted molar refractivity (Wildman–Crippen MR) is 131 cm³/mol. The Kier molecular flexibility index (Phi) is 7.15. The summed E-state index contributed by atoms with van der Waals surface area (Å²) in [4.78, 5) is 0. The number of hydrogen-bond acceptors (Lipinski definition) is 0. The summed E-state index contributed by atoms with van der Waals surface area (Å²) < 4.78 is 0. The second-order valence-electron chi connectivity index (χ2n) is 10.2. The molecule has 1 saturated carbocycles. The lowest BCUT2D eigenvalue weighted by Crippen LogP contribution is -3.00. The fraction of sp³-hybridized carbons (Fsp3) is 0.429. The van der Waals surface area contributed by atoms with Gasteiger partial charge in [-0.25, -0.2) is 0 Å². The molecule has 2 aliphatic rings. The van der Waals surface area contributed by atoms with Gasteiger partial charge in [0.05, 0.1) is 11.5 Å². The molecule has 4 rings (SSSR count). The molecule has 0 aliphatic heterocycles. The van der Waals surface area contributed by atoms with Crippen LogP contribution in [0.15, 0.2) is 84.2 Å². The molecule has 1 fully saturated rings. The van der Waals surface area contributed by atoms with Crippen molar-refractivity contribution < 1.29 is 17.0 Å². The molecule has 2 aromatic carbocycles. The Morgan fingerprint density at radius 2 is 1.27 bits per heavy atom.